The van der Waals surface area contributed by atoms with Gasteiger partial charge in [0.15, 0.2) is 0 Å². The molecule has 6 nitrogen and oxygen atoms in total. The minimum atomic E-state index is -0.513. The van der Waals surface area contributed by atoms with Gasteiger partial charge in [0.2, 0.25) is 0 Å². The van der Waals surface area contributed by atoms with Gasteiger partial charge >= 0.3 is 6.03 Å². The van der Waals surface area contributed by atoms with E-state index >= 15 is 0 Å². The molecule has 0 aliphatic carbocycles. The molecular formula is C15H20BrN5O. The number of carbonyl (C=O) groups excluding carboxylic acids is 1. The maximum absolute atomic E-state index is 11.5. The quantitative estimate of drug-likeness (QED) is 0.886. The second-order valence-electron chi connectivity index (χ2n) is 5.92. The molecule has 0 saturated carbocycles. The van der Waals surface area contributed by atoms with Crippen LogP contribution in [0.4, 0.5) is 10.5 Å². The number of piperidine rings is 1. The lowest BCUT2D eigenvalue weighted by Gasteiger charge is -2.38. The zero-order chi connectivity index (χ0) is 15.9. The summed E-state index contributed by atoms with van der Waals surface area (Å²) in [6.07, 6.45) is 5.78. The highest BCUT2D eigenvalue weighted by molar-refractivity contribution is 9.10. The van der Waals surface area contributed by atoms with Crippen molar-refractivity contribution in [1.82, 2.24) is 14.5 Å². The summed E-state index contributed by atoms with van der Waals surface area (Å²) < 4.78 is 2.33. The Morgan fingerprint density at radius 1 is 1.50 bits per heavy atom. The molecule has 2 N–H and O–H groups in total. The molecule has 1 fully saturated rings. The molecule has 118 valence electrons. The lowest BCUT2D eigenvalue weighted by atomic mass is 10.0. The standard InChI is InChI=1S/C15H20BrN5O/c1-19(2)10-4-3-6-20(9-10)13-11-5-7-21(15(17)22)14(11)18-8-12(13)16/h5,7-8,10H,3-4,6,9H2,1-2H3,(H2,17,22). The molecule has 2 aromatic heterocycles. The largest absolute Gasteiger partial charge is 0.368 e. The molecule has 0 bridgehead atoms. The zero-order valence-electron chi connectivity index (χ0n) is 12.8. The van der Waals surface area contributed by atoms with Crippen LogP contribution in [0.2, 0.25) is 0 Å². The zero-order valence-corrected chi connectivity index (χ0v) is 14.4. The van der Waals surface area contributed by atoms with E-state index in [0.29, 0.717) is 11.7 Å². The molecule has 22 heavy (non-hydrogen) atoms. The van der Waals surface area contributed by atoms with Crippen LogP contribution in [0.5, 0.6) is 0 Å². The van der Waals surface area contributed by atoms with Gasteiger partial charge in [0.25, 0.3) is 0 Å². The van der Waals surface area contributed by atoms with E-state index < -0.39 is 6.03 Å². The molecule has 0 radical (unpaired) electrons. The van der Waals surface area contributed by atoms with Gasteiger partial charge in [-0.2, -0.15) is 0 Å². The van der Waals surface area contributed by atoms with Gasteiger partial charge in [0.05, 0.1) is 10.2 Å². The molecule has 1 unspecified atom stereocenters. The number of pyridine rings is 1. The van der Waals surface area contributed by atoms with Crippen LogP contribution in [-0.2, 0) is 0 Å². The first-order valence-corrected chi connectivity index (χ1v) is 8.15. The lowest BCUT2D eigenvalue weighted by Crippen LogP contribution is -2.45. The van der Waals surface area contributed by atoms with Crippen molar-refractivity contribution in [2.24, 2.45) is 5.73 Å². The second-order valence-corrected chi connectivity index (χ2v) is 6.78. The summed E-state index contributed by atoms with van der Waals surface area (Å²) in [7, 11) is 4.24. The molecule has 2 aromatic rings. The van der Waals surface area contributed by atoms with Crippen LogP contribution in [0.15, 0.2) is 22.9 Å². The Hall–Kier alpha value is -1.60. The normalized spacial score (nSPS) is 19.1. The van der Waals surface area contributed by atoms with Crippen LogP contribution >= 0.6 is 15.9 Å². The predicted octanol–water partition coefficient (Wildman–Crippen LogP) is 2.26. The number of primary amides is 1. The van der Waals surface area contributed by atoms with Crippen molar-refractivity contribution < 1.29 is 4.79 Å². The van der Waals surface area contributed by atoms with Gasteiger partial charge in [-0.3, -0.25) is 4.57 Å². The number of likely N-dealkylation sites (N-methyl/N-ethyl adjacent to an activating group) is 1. The van der Waals surface area contributed by atoms with Crippen molar-refractivity contribution in [2.45, 2.75) is 18.9 Å². The lowest BCUT2D eigenvalue weighted by molar-refractivity contribution is 0.251. The van der Waals surface area contributed by atoms with Gasteiger partial charge in [0.1, 0.15) is 5.65 Å². The Morgan fingerprint density at radius 2 is 2.27 bits per heavy atom. The van der Waals surface area contributed by atoms with E-state index in [2.05, 4.69) is 44.8 Å². The maximum atomic E-state index is 11.5. The monoisotopic (exact) mass is 365 g/mol. The first kappa shape index (κ1) is 15.3. The van der Waals surface area contributed by atoms with Crippen LogP contribution in [0.1, 0.15) is 12.8 Å². The summed E-state index contributed by atoms with van der Waals surface area (Å²) in [5.41, 5.74) is 7.11. The smallest absolute Gasteiger partial charge is 0.324 e. The topological polar surface area (TPSA) is 67.4 Å². The Kier molecular flexibility index (Phi) is 4.10. The molecule has 7 heteroatoms. The van der Waals surface area contributed by atoms with Crippen LogP contribution in [0, 0.1) is 0 Å². The summed E-state index contributed by atoms with van der Waals surface area (Å²) in [5.74, 6) is 0. The third-order valence-corrected chi connectivity index (χ3v) is 4.90. The first-order valence-electron chi connectivity index (χ1n) is 7.35. The third-order valence-electron chi connectivity index (χ3n) is 4.32. The third kappa shape index (κ3) is 2.59. The SMILES string of the molecule is CN(C)C1CCCN(c2c(Br)cnc3c2ccn3C(N)=O)C1. The van der Waals surface area contributed by atoms with Crippen molar-refractivity contribution in [1.29, 1.82) is 0 Å². The maximum Gasteiger partial charge on any atom is 0.324 e. The number of amides is 1. The molecule has 1 aliphatic rings. The van der Waals surface area contributed by atoms with E-state index in [0.717, 1.165) is 35.1 Å². The molecule has 1 atom stereocenters. The number of halogens is 1. The summed E-state index contributed by atoms with van der Waals surface area (Å²) in [5, 5.41) is 0.951. The number of fused-ring (bicyclic) bond motifs is 1. The van der Waals surface area contributed by atoms with Gasteiger partial charge in [-0.15, -0.1) is 0 Å². The van der Waals surface area contributed by atoms with Crippen LogP contribution < -0.4 is 10.6 Å². The Labute approximate surface area is 138 Å². The number of nitrogens with zero attached hydrogens (tertiary/aromatic N) is 4. The fourth-order valence-corrected chi connectivity index (χ4v) is 3.69. The van der Waals surface area contributed by atoms with Gasteiger partial charge in [-0.05, 0) is 48.9 Å². The molecule has 1 saturated heterocycles. The molecule has 1 aliphatic heterocycles. The number of hydrogen-bond donors (Lipinski definition) is 1. The number of nitrogens with two attached hydrogens (primary N) is 1. The van der Waals surface area contributed by atoms with E-state index in [9.17, 15) is 4.79 Å². The molecule has 3 heterocycles. The summed E-state index contributed by atoms with van der Waals surface area (Å²) in [6.45, 7) is 1.97. The summed E-state index contributed by atoms with van der Waals surface area (Å²) >= 11 is 3.61. The summed E-state index contributed by atoms with van der Waals surface area (Å²) in [6, 6.07) is 1.93. The number of rotatable bonds is 2. The Balaban J connectivity index is 2.06. The van der Waals surface area contributed by atoms with Crippen LogP contribution in [0.25, 0.3) is 11.0 Å². The van der Waals surface area contributed by atoms with Gasteiger partial charge in [0, 0.05) is 36.9 Å². The first-order chi connectivity index (χ1) is 10.5. The van der Waals surface area contributed by atoms with E-state index in [-0.39, 0.29) is 0 Å². The molecule has 0 spiro atoms. The average Bonchev–Trinajstić information content (AvgIpc) is 2.91. The van der Waals surface area contributed by atoms with Crippen molar-refractivity contribution in [3.8, 4) is 0 Å². The number of carbonyl (C=O) groups is 1. The number of hydrogen-bond acceptors (Lipinski definition) is 4. The van der Waals surface area contributed by atoms with Crippen molar-refractivity contribution in [2.75, 3.05) is 32.1 Å². The minimum Gasteiger partial charge on any atom is -0.368 e. The van der Waals surface area contributed by atoms with Crippen LogP contribution in [-0.4, -0.2) is 53.7 Å². The summed E-state index contributed by atoms with van der Waals surface area (Å²) in [4.78, 5) is 20.5. The molecular weight excluding hydrogens is 346 g/mol. The molecule has 0 aromatic carbocycles. The van der Waals surface area contributed by atoms with Crippen molar-refractivity contribution >= 4 is 38.7 Å². The number of anilines is 1. The highest BCUT2D eigenvalue weighted by Gasteiger charge is 2.25. The highest BCUT2D eigenvalue weighted by Crippen LogP contribution is 2.35. The highest BCUT2D eigenvalue weighted by atomic mass is 79.9. The van der Waals surface area contributed by atoms with Crippen molar-refractivity contribution in [3.05, 3.63) is 22.9 Å². The minimum absolute atomic E-state index is 0.513. The van der Waals surface area contributed by atoms with E-state index in [4.69, 9.17) is 5.73 Å². The van der Waals surface area contributed by atoms with Crippen molar-refractivity contribution in [3.63, 3.8) is 0 Å². The number of aromatic nitrogens is 2. The van der Waals surface area contributed by atoms with E-state index in [1.54, 1.807) is 12.4 Å². The fraction of sp³-hybridized carbons (Fsp3) is 0.467. The Morgan fingerprint density at radius 3 is 2.95 bits per heavy atom. The second kappa shape index (κ2) is 5.89. The van der Waals surface area contributed by atoms with E-state index in [1.807, 2.05) is 6.07 Å². The van der Waals surface area contributed by atoms with Gasteiger partial charge in [-0.1, -0.05) is 0 Å². The van der Waals surface area contributed by atoms with Gasteiger partial charge in [-0.25, -0.2) is 9.78 Å². The van der Waals surface area contributed by atoms with E-state index in [1.165, 1.54) is 11.0 Å². The Bertz CT molecular complexity index is 711. The average molecular weight is 366 g/mol. The predicted molar refractivity (Wildman–Crippen MR) is 91.3 cm³/mol. The van der Waals surface area contributed by atoms with Crippen LogP contribution in [0.3, 0.4) is 0 Å². The molecule has 1 amide bonds. The molecule has 3 rings (SSSR count). The van der Waals surface area contributed by atoms with Gasteiger partial charge < -0.3 is 15.5 Å². The fourth-order valence-electron chi connectivity index (χ4n) is 3.13.